The van der Waals surface area contributed by atoms with Gasteiger partial charge in [0.15, 0.2) is 0 Å². The van der Waals surface area contributed by atoms with Crippen LogP contribution in [0.5, 0.6) is 5.75 Å². The molecule has 0 fully saturated rings. The average Bonchev–Trinajstić information content (AvgIpc) is 2.39. The summed E-state index contributed by atoms with van der Waals surface area (Å²) in [6.45, 7) is 9.26. The Kier molecular flexibility index (Phi) is 4.26. The molecule has 0 aliphatic rings. The van der Waals surface area contributed by atoms with E-state index in [1.807, 2.05) is 0 Å². The lowest BCUT2D eigenvalue weighted by Crippen LogP contribution is -2.00. The predicted molar refractivity (Wildman–Crippen MR) is 80.8 cm³/mol. The second-order valence-electron chi connectivity index (χ2n) is 5.39. The van der Waals surface area contributed by atoms with Crippen molar-refractivity contribution in [2.24, 2.45) is 0 Å². The molecule has 0 aliphatic carbocycles. The highest BCUT2D eigenvalue weighted by molar-refractivity contribution is 5.38. The van der Waals surface area contributed by atoms with E-state index in [0.29, 0.717) is 12.5 Å². The van der Waals surface area contributed by atoms with Crippen LogP contribution in [0.2, 0.25) is 0 Å². The first-order valence-electron chi connectivity index (χ1n) is 6.86. The topological polar surface area (TPSA) is 9.23 Å². The van der Waals surface area contributed by atoms with E-state index in [-0.39, 0.29) is 0 Å². The molecule has 0 aliphatic heterocycles. The van der Waals surface area contributed by atoms with Gasteiger partial charge in [0.25, 0.3) is 0 Å². The van der Waals surface area contributed by atoms with Crippen LogP contribution in [-0.4, -0.2) is 0 Å². The third-order valence-corrected chi connectivity index (χ3v) is 3.52. The molecule has 0 heterocycles. The number of hydrogen-bond acceptors (Lipinski definition) is 1. The van der Waals surface area contributed by atoms with Crippen LogP contribution < -0.4 is 4.74 Å². The maximum Gasteiger partial charge on any atom is 0.123 e. The highest BCUT2D eigenvalue weighted by atomic mass is 16.5. The van der Waals surface area contributed by atoms with Gasteiger partial charge in [-0.2, -0.15) is 0 Å². The van der Waals surface area contributed by atoms with Gasteiger partial charge in [0.2, 0.25) is 0 Å². The summed E-state index contributed by atoms with van der Waals surface area (Å²) in [4.78, 5) is 0. The summed E-state index contributed by atoms with van der Waals surface area (Å²) in [6, 6.07) is 14.8. The van der Waals surface area contributed by atoms with Crippen molar-refractivity contribution < 1.29 is 4.74 Å². The molecule has 0 unspecified atom stereocenters. The Bertz CT molecular complexity index is 555. The summed E-state index contributed by atoms with van der Waals surface area (Å²) in [7, 11) is 0. The molecule has 0 aromatic heterocycles. The zero-order valence-electron chi connectivity index (χ0n) is 12.2. The van der Waals surface area contributed by atoms with E-state index in [0.717, 1.165) is 5.75 Å². The second-order valence-corrected chi connectivity index (χ2v) is 5.39. The molecule has 0 N–H and O–H groups in total. The van der Waals surface area contributed by atoms with Gasteiger partial charge in [-0.15, -0.1) is 0 Å². The van der Waals surface area contributed by atoms with Crippen molar-refractivity contribution in [3.05, 3.63) is 64.7 Å². The van der Waals surface area contributed by atoms with E-state index in [9.17, 15) is 0 Å². The standard InChI is InChI=1S/C18H22O/c1-13(2)16-10-9-15(4)18(11-16)19-12-17-8-6-5-7-14(17)3/h5-11,13H,12H2,1-4H3. The summed E-state index contributed by atoms with van der Waals surface area (Å²) in [6.07, 6.45) is 0. The zero-order chi connectivity index (χ0) is 13.8. The van der Waals surface area contributed by atoms with Crippen LogP contribution in [0, 0.1) is 13.8 Å². The molecule has 1 heteroatoms. The Morgan fingerprint density at radius 1 is 0.947 bits per heavy atom. The van der Waals surface area contributed by atoms with Gasteiger partial charge < -0.3 is 4.74 Å². The molecule has 0 amide bonds. The second kappa shape index (κ2) is 5.92. The molecule has 1 nitrogen and oxygen atoms in total. The summed E-state index contributed by atoms with van der Waals surface area (Å²) in [5.74, 6) is 1.52. The van der Waals surface area contributed by atoms with E-state index in [4.69, 9.17) is 4.74 Å². The predicted octanol–water partition coefficient (Wildman–Crippen LogP) is 5.01. The summed E-state index contributed by atoms with van der Waals surface area (Å²) in [5.41, 5.74) is 5.04. The molecule has 19 heavy (non-hydrogen) atoms. The van der Waals surface area contributed by atoms with E-state index in [1.165, 1.54) is 22.3 Å². The molecular weight excluding hydrogens is 232 g/mol. The zero-order valence-corrected chi connectivity index (χ0v) is 12.2. The first-order valence-corrected chi connectivity index (χ1v) is 6.86. The average molecular weight is 254 g/mol. The minimum atomic E-state index is 0.529. The Hall–Kier alpha value is -1.76. The maximum atomic E-state index is 5.99. The van der Waals surface area contributed by atoms with Crippen LogP contribution in [0.15, 0.2) is 42.5 Å². The van der Waals surface area contributed by atoms with Gasteiger partial charge in [0, 0.05) is 0 Å². The SMILES string of the molecule is Cc1ccccc1COc1cc(C(C)C)ccc1C. The van der Waals surface area contributed by atoms with Crippen molar-refractivity contribution in [3.8, 4) is 5.75 Å². The Labute approximate surface area is 116 Å². The van der Waals surface area contributed by atoms with Crippen molar-refractivity contribution in [1.82, 2.24) is 0 Å². The molecule has 0 saturated heterocycles. The fourth-order valence-electron chi connectivity index (χ4n) is 2.06. The Morgan fingerprint density at radius 2 is 1.68 bits per heavy atom. The molecule has 2 aromatic rings. The smallest absolute Gasteiger partial charge is 0.123 e. The fourth-order valence-corrected chi connectivity index (χ4v) is 2.06. The van der Waals surface area contributed by atoms with Crippen molar-refractivity contribution in [3.63, 3.8) is 0 Å². The number of benzene rings is 2. The van der Waals surface area contributed by atoms with Crippen LogP contribution in [-0.2, 0) is 6.61 Å². The molecule has 2 rings (SSSR count). The number of ether oxygens (including phenoxy) is 1. The molecule has 0 spiro atoms. The highest BCUT2D eigenvalue weighted by Crippen LogP contribution is 2.25. The van der Waals surface area contributed by atoms with E-state index in [2.05, 4.69) is 70.2 Å². The Morgan fingerprint density at radius 3 is 2.37 bits per heavy atom. The first-order chi connectivity index (χ1) is 9.08. The van der Waals surface area contributed by atoms with Crippen molar-refractivity contribution in [2.75, 3.05) is 0 Å². The minimum absolute atomic E-state index is 0.529. The molecule has 0 radical (unpaired) electrons. The van der Waals surface area contributed by atoms with Crippen molar-refractivity contribution >= 4 is 0 Å². The summed E-state index contributed by atoms with van der Waals surface area (Å²) >= 11 is 0. The number of rotatable bonds is 4. The molecule has 0 saturated carbocycles. The van der Waals surface area contributed by atoms with Crippen molar-refractivity contribution in [1.29, 1.82) is 0 Å². The molecule has 100 valence electrons. The lowest BCUT2D eigenvalue weighted by Gasteiger charge is -2.13. The summed E-state index contributed by atoms with van der Waals surface area (Å²) in [5, 5.41) is 0. The third kappa shape index (κ3) is 3.37. The van der Waals surface area contributed by atoms with E-state index < -0.39 is 0 Å². The maximum absolute atomic E-state index is 5.99. The van der Waals surface area contributed by atoms with Gasteiger partial charge in [-0.25, -0.2) is 0 Å². The fraction of sp³-hybridized carbons (Fsp3) is 0.333. The van der Waals surface area contributed by atoms with Crippen LogP contribution in [0.4, 0.5) is 0 Å². The number of hydrogen-bond donors (Lipinski definition) is 0. The first kappa shape index (κ1) is 13.7. The molecule has 0 bridgehead atoms. The van der Waals surface area contributed by atoms with Crippen LogP contribution in [0.1, 0.15) is 42.0 Å². The summed E-state index contributed by atoms with van der Waals surface area (Å²) < 4.78 is 5.99. The van der Waals surface area contributed by atoms with Gasteiger partial charge in [0.1, 0.15) is 12.4 Å². The van der Waals surface area contributed by atoms with E-state index >= 15 is 0 Å². The van der Waals surface area contributed by atoms with Crippen LogP contribution >= 0.6 is 0 Å². The highest BCUT2D eigenvalue weighted by Gasteiger charge is 2.05. The number of aryl methyl sites for hydroxylation is 2. The van der Waals surface area contributed by atoms with Gasteiger partial charge in [0.05, 0.1) is 0 Å². The van der Waals surface area contributed by atoms with Gasteiger partial charge in [-0.05, 0) is 48.1 Å². The van der Waals surface area contributed by atoms with Crippen molar-refractivity contribution in [2.45, 2.75) is 40.2 Å². The Balaban J connectivity index is 2.15. The van der Waals surface area contributed by atoms with Crippen LogP contribution in [0.25, 0.3) is 0 Å². The van der Waals surface area contributed by atoms with E-state index in [1.54, 1.807) is 0 Å². The largest absolute Gasteiger partial charge is 0.489 e. The monoisotopic (exact) mass is 254 g/mol. The third-order valence-electron chi connectivity index (χ3n) is 3.52. The molecular formula is C18H22O. The quantitative estimate of drug-likeness (QED) is 0.745. The normalized spacial score (nSPS) is 10.8. The molecule has 0 atom stereocenters. The van der Waals surface area contributed by atoms with Gasteiger partial charge in [-0.1, -0.05) is 50.2 Å². The lowest BCUT2D eigenvalue weighted by atomic mass is 10.0. The lowest BCUT2D eigenvalue weighted by molar-refractivity contribution is 0.303. The van der Waals surface area contributed by atoms with Gasteiger partial charge >= 0.3 is 0 Å². The molecule has 2 aromatic carbocycles. The van der Waals surface area contributed by atoms with Gasteiger partial charge in [-0.3, -0.25) is 0 Å². The van der Waals surface area contributed by atoms with Crippen LogP contribution in [0.3, 0.4) is 0 Å². The minimum Gasteiger partial charge on any atom is -0.489 e.